The van der Waals surface area contributed by atoms with Crippen LogP contribution in [0.5, 0.6) is 0 Å². The van der Waals surface area contributed by atoms with Gasteiger partial charge in [0, 0.05) is 25.8 Å². The molecule has 5 heteroatoms. The molecule has 0 fully saturated rings. The van der Waals surface area contributed by atoms with E-state index >= 15 is 0 Å². The first-order valence-corrected chi connectivity index (χ1v) is 8.31. The molecular weight excluding hydrogens is 302 g/mol. The lowest BCUT2D eigenvalue weighted by molar-refractivity contribution is -0.122. The lowest BCUT2D eigenvalue weighted by Crippen LogP contribution is -2.36. The number of likely N-dealkylation sites (N-methyl/N-ethyl adjacent to an activating group) is 1. The molecule has 2 rings (SSSR count). The maximum Gasteiger partial charge on any atom is 0.234 e. The molecule has 0 saturated carbocycles. The topological polar surface area (TPSA) is 48.7 Å². The highest BCUT2D eigenvalue weighted by molar-refractivity contribution is 5.77. The van der Waals surface area contributed by atoms with Gasteiger partial charge in [0.05, 0.1) is 13.1 Å². The standard InChI is InChI=1S/C19H27N3O2/c1-16-10-11-18(24-16)14-21(2)15-19(23)20-12-7-13-22(3)17-8-5-4-6-9-17/h4-6,8-11H,7,12-15H2,1-3H3,(H,20,23). The number of hydrogen-bond donors (Lipinski definition) is 1. The average Bonchev–Trinajstić information content (AvgIpc) is 2.96. The maximum absolute atomic E-state index is 12.0. The number of furan rings is 1. The van der Waals surface area contributed by atoms with Crippen molar-refractivity contribution in [3.05, 3.63) is 54.0 Å². The van der Waals surface area contributed by atoms with Crippen molar-refractivity contribution >= 4 is 11.6 Å². The van der Waals surface area contributed by atoms with Gasteiger partial charge >= 0.3 is 0 Å². The Labute approximate surface area is 144 Å². The number of nitrogens with one attached hydrogen (secondary N) is 1. The molecule has 1 heterocycles. The van der Waals surface area contributed by atoms with Gasteiger partial charge in [0.25, 0.3) is 0 Å². The van der Waals surface area contributed by atoms with Crippen LogP contribution in [-0.4, -0.2) is 44.5 Å². The molecule has 0 spiro atoms. The number of aryl methyl sites for hydroxylation is 1. The Balaban J connectivity index is 1.61. The molecule has 1 aromatic carbocycles. The van der Waals surface area contributed by atoms with Crippen LogP contribution >= 0.6 is 0 Å². The van der Waals surface area contributed by atoms with Gasteiger partial charge in [0.2, 0.25) is 5.91 Å². The fourth-order valence-corrected chi connectivity index (χ4v) is 2.55. The van der Waals surface area contributed by atoms with E-state index in [1.54, 1.807) is 0 Å². The molecule has 0 aliphatic rings. The summed E-state index contributed by atoms with van der Waals surface area (Å²) in [6.07, 6.45) is 0.915. The second kappa shape index (κ2) is 9.13. The van der Waals surface area contributed by atoms with Crippen molar-refractivity contribution in [1.29, 1.82) is 0 Å². The molecule has 130 valence electrons. The molecule has 1 aromatic heterocycles. The van der Waals surface area contributed by atoms with E-state index in [0.29, 0.717) is 19.6 Å². The number of amides is 1. The highest BCUT2D eigenvalue weighted by atomic mass is 16.3. The van der Waals surface area contributed by atoms with Gasteiger partial charge in [-0.2, -0.15) is 0 Å². The zero-order valence-corrected chi connectivity index (χ0v) is 14.8. The van der Waals surface area contributed by atoms with E-state index in [1.165, 1.54) is 5.69 Å². The van der Waals surface area contributed by atoms with Gasteiger partial charge < -0.3 is 14.6 Å². The molecule has 1 amide bonds. The monoisotopic (exact) mass is 329 g/mol. The van der Waals surface area contributed by atoms with Crippen molar-refractivity contribution in [2.24, 2.45) is 0 Å². The normalized spacial score (nSPS) is 10.8. The third-order valence-corrected chi connectivity index (χ3v) is 3.82. The van der Waals surface area contributed by atoms with Crippen LogP contribution in [0.15, 0.2) is 46.9 Å². The smallest absolute Gasteiger partial charge is 0.234 e. The molecule has 1 N–H and O–H groups in total. The molecule has 0 radical (unpaired) electrons. The number of anilines is 1. The van der Waals surface area contributed by atoms with Crippen molar-refractivity contribution < 1.29 is 9.21 Å². The summed E-state index contributed by atoms with van der Waals surface area (Å²) >= 11 is 0. The zero-order valence-electron chi connectivity index (χ0n) is 14.8. The summed E-state index contributed by atoms with van der Waals surface area (Å²) in [4.78, 5) is 16.1. The predicted molar refractivity (Wildman–Crippen MR) is 97.1 cm³/mol. The van der Waals surface area contributed by atoms with E-state index in [2.05, 4.69) is 29.4 Å². The molecular formula is C19H27N3O2. The maximum atomic E-state index is 12.0. The minimum Gasteiger partial charge on any atom is -0.465 e. The summed E-state index contributed by atoms with van der Waals surface area (Å²) in [5.41, 5.74) is 1.19. The van der Waals surface area contributed by atoms with E-state index in [0.717, 1.165) is 24.5 Å². The van der Waals surface area contributed by atoms with E-state index in [1.807, 2.05) is 49.2 Å². The molecule has 0 bridgehead atoms. The van der Waals surface area contributed by atoms with Crippen LogP contribution in [0.1, 0.15) is 17.9 Å². The first-order valence-electron chi connectivity index (χ1n) is 8.31. The Morgan fingerprint density at radius 2 is 1.88 bits per heavy atom. The third kappa shape index (κ3) is 6.08. The number of benzene rings is 1. The zero-order chi connectivity index (χ0) is 17.4. The van der Waals surface area contributed by atoms with Crippen molar-refractivity contribution in [2.45, 2.75) is 19.9 Å². The molecule has 0 aliphatic carbocycles. The SMILES string of the molecule is Cc1ccc(CN(C)CC(=O)NCCCN(C)c2ccccc2)o1. The summed E-state index contributed by atoms with van der Waals surface area (Å²) in [6, 6.07) is 14.1. The summed E-state index contributed by atoms with van der Waals surface area (Å²) in [6.45, 7) is 4.52. The van der Waals surface area contributed by atoms with Crippen molar-refractivity contribution in [1.82, 2.24) is 10.2 Å². The number of para-hydroxylation sites is 1. The quantitative estimate of drug-likeness (QED) is 0.719. The number of hydrogen-bond acceptors (Lipinski definition) is 4. The molecule has 0 aliphatic heterocycles. The Kier molecular flexibility index (Phi) is 6.88. The summed E-state index contributed by atoms with van der Waals surface area (Å²) in [7, 11) is 3.98. The highest BCUT2D eigenvalue weighted by Crippen LogP contribution is 2.10. The van der Waals surface area contributed by atoms with Gasteiger partial charge in [-0.25, -0.2) is 0 Å². The molecule has 0 unspecified atom stereocenters. The molecule has 5 nitrogen and oxygen atoms in total. The van der Waals surface area contributed by atoms with Gasteiger partial charge in [0.15, 0.2) is 0 Å². The summed E-state index contributed by atoms with van der Waals surface area (Å²) in [5.74, 6) is 1.82. The predicted octanol–water partition coefficient (Wildman–Crippen LogP) is 2.66. The fourth-order valence-electron chi connectivity index (χ4n) is 2.55. The van der Waals surface area contributed by atoms with Crippen molar-refractivity contribution in [2.75, 3.05) is 38.6 Å². The lowest BCUT2D eigenvalue weighted by Gasteiger charge is -2.19. The summed E-state index contributed by atoms with van der Waals surface area (Å²) < 4.78 is 5.52. The first kappa shape index (κ1) is 18.1. The number of nitrogens with zero attached hydrogens (tertiary/aromatic N) is 2. The van der Waals surface area contributed by atoms with E-state index < -0.39 is 0 Å². The second-order valence-corrected chi connectivity index (χ2v) is 6.15. The molecule has 0 saturated heterocycles. The van der Waals surface area contributed by atoms with E-state index in [9.17, 15) is 4.79 Å². The van der Waals surface area contributed by atoms with Crippen LogP contribution in [0.3, 0.4) is 0 Å². The van der Waals surface area contributed by atoms with Crippen LogP contribution in [0, 0.1) is 6.92 Å². The van der Waals surface area contributed by atoms with Gasteiger partial charge in [-0.15, -0.1) is 0 Å². The van der Waals surface area contributed by atoms with Crippen molar-refractivity contribution in [3.8, 4) is 0 Å². The van der Waals surface area contributed by atoms with Crippen LogP contribution in [0.2, 0.25) is 0 Å². The van der Waals surface area contributed by atoms with Crippen LogP contribution in [-0.2, 0) is 11.3 Å². The van der Waals surface area contributed by atoms with E-state index in [-0.39, 0.29) is 5.91 Å². The fraction of sp³-hybridized carbons (Fsp3) is 0.421. The average molecular weight is 329 g/mol. The van der Waals surface area contributed by atoms with Crippen LogP contribution < -0.4 is 10.2 Å². The lowest BCUT2D eigenvalue weighted by atomic mass is 10.3. The molecule has 24 heavy (non-hydrogen) atoms. The van der Waals surface area contributed by atoms with Crippen LogP contribution in [0.4, 0.5) is 5.69 Å². The van der Waals surface area contributed by atoms with Gasteiger partial charge in [-0.05, 0) is 44.7 Å². The van der Waals surface area contributed by atoms with Gasteiger partial charge in [-0.3, -0.25) is 9.69 Å². The Hall–Kier alpha value is -2.27. The molecule has 2 aromatic rings. The van der Waals surface area contributed by atoms with Gasteiger partial charge in [-0.1, -0.05) is 18.2 Å². The first-order chi connectivity index (χ1) is 11.5. The highest BCUT2D eigenvalue weighted by Gasteiger charge is 2.09. The van der Waals surface area contributed by atoms with Crippen LogP contribution in [0.25, 0.3) is 0 Å². The number of rotatable bonds is 9. The Morgan fingerprint density at radius 1 is 1.12 bits per heavy atom. The number of carbonyl (C=O) groups excluding carboxylic acids is 1. The minimum absolute atomic E-state index is 0.0446. The largest absolute Gasteiger partial charge is 0.465 e. The minimum atomic E-state index is 0.0446. The summed E-state index contributed by atoms with van der Waals surface area (Å²) in [5, 5.41) is 2.97. The second-order valence-electron chi connectivity index (χ2n) is 6.15. The Morgan fingerprint density at radius 3 is 2.54 bits per heavy atom. The molecule has 0 atom stereocenters. The van der Waals surface area contributed by atoms with Crippen molar-refractivity contribution in [3.63, 3.8) is 0 Å². The van der Waals surface area contributed by atoms with Gasteiger partial charge in [0.1, 0.15) is 11.5 Å². The van der Waals surface area contributed by atoms with E-state index in [4.69, 9.17) is 4.42 Å². The Bertz CT molecular complexity index is 625. The third-order valence-electron chi connectivity index (χ3n) is 3.82. The number of carbonyl (C=O) groups is 1.